The fraction of sp³-hybridized carbons (Fsp3) is 0.158. The highest BCUT2D eigenvalue weighted by molar-refractivity contribution is 7.92. The molecule has 0 fully saturated rings. The summed E-state index contributed by atoms with van der Waals surface area (Å²) in [6, 6.07) is 9.68. The lowest BCUT2D eigenvalue weighted by Gasteiger charge is -2.11. The lowest BCUT2D eigenvalue weighted by Crippen LogP contribution is -2.14. The molecule has 9 heteroatoms. The molecule has 3 aromatic rings. The van der Waals surface area contributed by atoms with Crippen molar-refractivity contribution in [3.05, 3.63) is 58.5 Å². The van der Waals surface area contributed by atoms with Gasteiger partial charge in [-0.25, -0.2) is 9.78 Å². The van der Waals surface area contributed by atoms with E-state index in [4.69, 9.17) is 9.84 Å². The summed E-state index contributed by atoms with van der Waals surface area (Å²) in [6.45, 7) is 3.95. The molecule has 1 aromatic heterocycles. The summed E-state index contributed by atoms with van der Waals surface area (Å²) in [5.41, 5.74) is 3.15. The summed E-state index contributed by atoms with van der Waals surface area (Å²) in [4.78, 5) is 15.4. The molecule has 2 aromatic carbocycles. The van der Waals surface area contributed by atoms with Gasteiger partial charge in [0.05, 0.1) is 18.4 Å². The molecule has 0 saturated carbocycles. The third kappa shape index (κ3) is 3.85. The molecule has 0 saturated heterocycles. The first-order chi connectivity index (χ1) is 13.2. The Labute approximate surface area is 166 Å². The first-order valence-corrected chi connectivity index (χ1v) is 10.6. The number of thiazole rings is 1. The average Bonchev–Trinajstić information content (AvgIpc) is 3.14. The molecule has 0 radical (unpaired) electrons. The summed E-state index contributed by atoms with van der Waals surface area (Å²) >= 11 is 1.24. The Bertz CT molecular complexity index is 1150. The van der Waals surface area contributed by atoms with Gasteiger partial charge in [-0.05, 0) is 43.2 Å². The molecule has 0 amide bonds. The maximum absolute atomic E-state index is 12.7. The van der Waals surface area contributed by atoms with E-state index in [1.807, 2.05) is 32.0 Å². The number of rotatable bonds is 6. The summed E-state index contributed by atoms with van der Waals surface area (Å²) in [5, 5.41) is 11.0. The molecule has 3 rings (SSSR count). The summed E-state index contributed by atoms with van der Waals surface area (Å²) in [7, 11) is -2.63. The van der Waals surface area contributed by atoms with Crippen molar-refractivity contribution in [3.8, 4) is 16.3 Å². The van der Waals surface area contributed by atoms with Gasteiger partial charge in [-0.15, -0.1) is 11.3 Å². The van der Waals surface area contributed by atoms with Crippen LogP contribution in [-0.2, 0) is 10.0 Å². The molecule has 28 heavy (non-hydrogen) atoms. The minimum absolute atomic E-state index is 0.00864. The number of nitrogens with zero attached hydrogens (tertiary/aromatic N) is 1. The fourth-order valence-corrected chi connectivity index (χ4v) is 4.84. The maximum atomic E-state index is 12.7. The highest BCUT2D eigenvalue weighted by atomic mass is 32.2. The second kappa shape index (κ2) is 7.61. The zero-order valence-electron chi connectivity index (χ0n) is 15.4. The first-order valence-electron chi connectivity index (χ1n) is 8.19. The maximum Gasteiger partial charge on any atom is 0.335 e. The van der Waals surface area contributed by atoms with Crippen LogP contribution in [0, 0.1) is 13.8 Å². The number of ether oxygens (including phenoxy) is 1. The van der Waals surface area contributed by atoms with Crippen LogP contribution in [0.1, 0.15) is 21.5 Å². The van der Waals surface area contributed by atoms with Gasteiger partial charge in [0.25, 0.3) is 10.0 Å². The number of carboxylic acids is 1. The van der Waals surface area contributed by atoms with Crippen LogP contribution >= 0.6 is 11.3 Å². The molecule has 0 aliphatic rings. The third-order valence-electron chi connectivity index (χ3n) is 4.29. The van der Waals surface area contributed by atoms with Crippen molar-refractivity contribution in [2.24, 2.45) is 0 Å². The van der Waals surface area contributed by atoms with E-state index in [2.05, 4.69) is 9.71 Å². The van der Waals surface area contributed by atoms with Gasteiger partial charge in [0, 0.05) is 10.9 Å². The van der Waals surface area contributed by atoms with E-state index in [-0.39, 0.29) is 22.0 Å². The Hall–Kier alpha value is -2.91. The number of anilines is 1. The van der Waals surface area contributed by atoms with Crippen molar-refractivity contribution in [2.45, 2.75) is 18.9 Å². The SMILES string of the molecule is COc1cc(C(=O)O)ccc1NS(=O)(=O)c1csc(-c2cccc(C)c2C)n1. The zero-order valence-corrected chi connectivity index (χ0v) is 17.0. The number of carboxylic acid groups (broad SMARTS) is 1. The normalized spacial score (nSPS) is 11.2. The van der Waals surface area contributed by atoms with Crippen molar-refractivity contribution in [3.63, 3.8) is 0 Å². The highest BCUT2D eigenvalue weighted by Gasteiger charge is 2.22. The smallest absolute Gasteiger partial charge is 0.335 e. The van der Waals surface area contributed by atoms with Gasteiger partial charge in [-0.2, -0.15) is 8.42 Å². The number of aromatic carboxylic acids is 1. The average molecular weight is 418 g/mol. The van der Waals surface area contributed by atoms with Gasteiger partial charge < -0.3 is 9.84 Å². The molecule has 7 nitrogen and oxygen atoms in total. The Kier molecular flexibility index (Phi) is 5.39. The standard InChI is InChI=1S/C19H18N2O5S2/c1-11-5-4-6-14(12(11)2)18-20-17(10-27-18)28(24,25)21-15-8-7-13(19(22)23)9-16(15)26-3/h4-10,21H,1-3H3,(H,22,23). The van der Waals surface area contributed by atoms with E-state index in [0.29, 0.717) is 5.01 Å². The van der Waals surface area contributed by atoms with Crippen molar-refractivity contribution >= 4 is 33.0 Å². The van der Waals surface area contributed by atoms with Gasteiger partial charge in [0.2, 0.25) is 0 Å². The van der Waals surface area contributed by atoms with Crippen molar-refractivity contribution in [1.82, 2.24) is 4.98 Å². The quantitative estimate of drug-likeness (QED) is 0.628. The van der Waals surface area contributed by atoms with Gasteiger partial charge in [0.15, 0.2) is 5.03 Å². The number of sulfonamides is 1. The van der Waals surface area contributed by atoms with Gasteiger partial charge in [0.1, 0.15) is 10.8 Å². The number of benzene rings is 2. The van der Waals surface area contributed by atoms with Crippen LogP contribution in [0.2, 0.25) is 0 Å². The first kappa shape index (κ1) is 19.8. The van der Waals surface area contributed by atoms with Crippen LogP contribution in [0.25, 0.3) is 10.6 Å². The van der Waals surface area contributed by atoms with Gasteiger partial charge in [-0.3, -0.25) is 4.72 Å². The van der Waals surface area contributed by atoms with E-state index >= 15 is 0 Å². The molecule has 146 valence electrons. The number of methoxy groups -OCH3 is 1. The van der Waals surface area contributed by atoms with Crippen LogP contribution < -0.4 is 9.46 Å². The predicted octanol–water partition coefficient (Wildman–Crippen LogP) is 3.93. The minimum atomic E-state index is -3.97. The van der Waals surface area contributed by atoms with Gasteiger partial charge >= 0.3 is 5.97 Å². The minimum Gasteiger partial charge on any atom is -0.495 e. The summed E-state index contributed by atoms with van der Waals surface area (Å²) < 4.78 is 33.0. The number of nitrogens with one attached hydrogen (secondary N) is 1. The Morgan fingerprint density at radius 1 is 1.21 bits per heavy atom. The van der Waals surface area contributed by atoms with Gasteiger partial charge in [-0.1, -0.05) is 18.2 Å². The Balaban J connectivity index is 1.94. The van der Waals surface area contributed by atoms with Crippen LogP contribution in [-0.4, -0.2) is 31.6 Å². The number of hydrogen-bond acceptors (Lipinski definition) is 6. The number of aryl methyl sites for hydroxylation is 1. The lowest BCUT2D eigenvalue weighted by molar-refractivity contribution is 0.0696. The van der Waals surface area contributed by atoms with Crippen LogP contribution in [0.15, 0.2) is 46.8 Å². The molecule has 0 bridgehead atoms. The largest absolute Gasteiger partial charge is 0.495 e. The van der Waals surface area contributed by atoms with E-state index < -0.39 is 16.0 Å². The van der Waals surface area contributed by atoms with E-state index in [1.54, 1.807) is 0 Å². The predicted molar refractivity (Wildman–Crippen MR) is 108 cm³/mol. The third-order valence-corrected chi connectivity index (χ3v) is 6.56. The zero-order chi connectivity index (χ0) is 20.5. The second-order valence-electron chi connectivity index (χ2n) is 6.06. The van der Waals surface area contributed by atoms with Crippen LogP contribution in [0.5, 0.6) is 5.75 Å². The molecule has 2 N–H and O–H groups in total. The van der Waals surface area contributed by atoms with E-state index in [9.17, 15) is 13.2 Å². The number of hydrogen-bond donors (Lipinski definition) is 2. The Morgan fingerprint density at radius 2 is 1.96 bits per heavy atom. The summed E-state index contributed by atoms with van der Waals surface area (Å²) in [6.07, 6.45) is 0. The molecular formula is C19H18N2O5S2. The second-order valence-corrected chi connectivity index (χ2v) is 8.55. The molecule has 0 spiro atoms. The van der Waals surface area contributed by atoms with Crippen LogP contribution in [0.3, 0.4) is 0 Å². The molecule has 0 aliphatic carbocycles. The summed E-state index contributed by atoms with van der Waals surface area (Å²) in [5.74, 6) is -1.03. The van der Waals surface area contributed by atoms with Crippen molar-refractivity contribution < 1.29 is 23.1 Å². The Morgan fingerprint density at radius 3 is 2.64 bits per heavy atom. The van der Waals surface area contributed by atoms with Crippen LogP contribution in [0.4, 0.5) is 5.69 Å². The lowest BCUT2D eigenvalue weighted by atomic mass is 10.0. The molecule has 0 atom stereocenters. The number of carbonyl (C=O) groups is 1. The molecular weight excluding hydrogens is 400 g/mol. The fourth-order valence-electron chi connectivity index (χ4n) is 2.59. The molecule has 0 aliphatic heterocycles. The van der Waals surface area contributed by atoms with Crippen molar-refractivity contribution in [1.29, 1.82) is 0 Å². The molecule has 1 heterocycles. The molecule has 0 unspecified atom stereocenters. The highest BCUT2D eigenvalue weighted by Crippen LogP contribution is 2.32. The number of aromatic nitrogens is 1. The van der Waals surface area contributed by atoms with E-state index in [1.165, 1.54) is 42.0 Å². The monoisotopic (exact) mass is 418 g/mol. The van der Waals surface area contributed by atoms with Crippen molar-refractivity contribution in [2.75, 3.05) is 11.8 Å². The topological polar surface area (TPSA) is 106 Å². The van der Waals surface area contributed by atoms with E-state index in [0.717, 1.165) is 16.7 Å².